The lowest BCUT2D eigenvalue weighted by molar-refractivity contribution is -0.132. The number of fused-ring (bicyclic) bond motifs is 3. The van der Waals surface area contributed by atoms with Crippen LogP contribution in [0.4, 0.5) is 0 Å². The van der Waals surface area contributed by atoms with Crippen molar-refractivity contribution in [3.8, 4) is 0 Å². The van der Waals surface area contributed by atoms with Crippen LogP contribution in [-0.4, -0.2) is 29.7 Å². The van der Waals surface area contributed by atoms with Gasteiger partial charge in [0.2, 0.25) is 0 Å². The standard InChI is InChI=1S/C20H17BrN2O2/c21-15-6-3-5-14(10-15)19(24)11-17-20(25)23-9-8-13-4-1-2-7-16(13)18(23)12-22-17/h1-7,10-11,18,22H,8-9,12H2/b17-11-. The van der Waals surface area contributed by atoms with E-state index in [2.05, 4.69) is 33.4 Å². The first-order chi connectivity index (χ1) is 12.1. The molecule has 1 fully saturated rings. The molecule has 4 nitrogen and oxygen atoms in total. The highest BCUT2D eigenvalue weighted by Gasteiger charge is 2.36. The van der Waals surface area contributed by atoms with E-state index in [1.54, 1.807) is 12.1 Å². The number of hydrogen-bond donors (Lipinski definition) is 1. The summed E-state index contributed by atoms with van der Waals surface area (Å²) in [5.74, 6) is -0.276. The molecule has 0 spiro atoms. The third-order valence-electron chi connectivity index (χ3n) is 4.77. The Morgan fingerprint density at radius 1 is 1.20 bits per heavy atom. The van der Waals surface area contributed by atoms with Gasteiger partial charge in [0.15, 0.2) is 5.78 Å². The van der Waals surface area contributed by atoms with E-state index in [1.165, 1.54) is 17.2 Å². The molecule has 0 aromatic heterocycles. The van der Waals surface area contributed by atoms with E-state index in [0.717, 1.165) is 10.9 Å². The maximum absolute atomic E-state index is 12.8. The van der Waals surface area contributed by atoms with Crippen LogP contribution in [0.3, 0.4) is 0 Å². The molecule has 2 aliphatic heterocycles. The Hall–Kier alpha value is -2.40. The monoisotopic (exact) mass is 396 g/mol. The zero-order valence-corrected chi connectivity index (χ0v) is 15.1. The van der Waals surface area contributed by atoms with Crippen molar-refractivity contribution >= 4 is 27.6 Å². The number of halogens is 1. The summed E-state index contributed by atoms with van der Waals surface area (Å²) >= 11 is 3.36. The summed E-state index contributed by atoms with van der Waals surface area (Å²) < 4.78 is 0.840. The molecule has 2 aromatic carbocycles. The van der Waals surface area contributed by atoms with Crippen LogP contribution < -0.4 is 5.32 Å². The van der Waals surface area contributed by atoms with Crippen LogP contribution in [0.25, 0.3) is 0 Å². The van der Waals surface area contributed by atoms with Crippen LogP contribution in [-0.2, 0) is 11.2 Å². The van der Waals surface area contributed by atoms with Crippen molar-refractivity contribution in [2.24, 2.45) is 0 Å². The van der Waals surface area contributed by atoms with E-state index in [9.17, 15) is 9.59 Å². The van der Waals surface area contributed by atoms with E-state index in [0.29, 0.717) is 24.4 Å². The van der Waals surface area contributed by atoms with Gasteiger partial charge in [-0.15, -0.1) is 0 Å². The number of nitrogens with one attached hydrogen (secondary N) is 1. The number of benzene rings is 2. The van der Waals surface area contributed by atoms with Crippen LogP contribution in [0.5, 0.6) is 0 Å². The molecule has 1 saturated heterocycles. The fourth-order valence-electron chi connectivity index (χ4n) is 3.52. The molecule has 1 amide bonds. The first-order valence-electron chi connectivity index (χ1n) is 8.28. The summed E-state index contributed by atoms with van der Waals surface area (Å²) in [7, 11) is 0. The molecule has 5 heteroatoms. The van der Waals surface area contributed by atoms with Gasteiger partial charge in [-0.2, -0.15) is 0 Å². The Balaban J connectivity index is 1.59. The second-order valence-corrected chi connectivity index (χ2v) is 7.19. The highest BCUT2D eigenvalue weighted by Crippen LogP contribution is 2.32. The van der Waals surface area contributed by atoms with Crippen LogP contribution in [0.1, 0.15) is 27.5 Å². The largest absolute Gasteiger partial charge is 0.378 e. The van der Waals surface area contributed by atoms with Gasteiger partial charge >= 0.3 is 0 Å². The van der Waals surface area contributed by atoms with Gasteiger partial charge in [-0.25, -0.2) is 0 Å². The molecule has 0 saturated carbocycles. The molecule has 2 aromatic rings. The Labute approximate surface area is 154 Å². The number of carbonyl (C=O) groups excluding carboxylic acids is 2. The van der Waals surface area contributed by atoms with Crippen LogP contribution >= 0.6 is 15.9 Å². The average Bonchev–Trinajstić information content (AvgIpc) is 2.63. The number of nitrogens with zero attached hydrogens (tertiary/aromatic N) is 1. The highest BCUT2D eigenvalue weighted by molar-refractivity contribution is 9.10. The third-order valence-corrected chi connectivity index (χ3v) is 5.27. The van der Waals surface area contributed by atoms with Gasteiger partial charge in [-0.05, 0) is 29.7 Å². The lowest BCUT2D eigenvalue weighted by Crippen LogP contribution is -2.51. The van der Waals surface area contributed by atoms with Crippen molar-refractivity contribution in [3.63, 3.8) is 0 Å². The third kappa shape index (κ3) is 3.00. The summed E-state index contributed by atoms with van der Waals surface area (Å²) in [5, 5.41) is 3.16. The molecule has 4 rings (SSSR count). The minimum Gasteiger partial charge on any atom is -0.378 e. The van der Waals surface area contributed by atoms with Gasteiger partial charge in [0.05, 0.1) is 6.04 Å². The summed E-state index contributed by atoms with van der Waals surface area (Å²) in [6, 6.07) is 15.5. The van der Waals surface area contributed by atoms with Crippen molar-refractivity contribution < 1.29 is 9.59 Å². The van der Waals surface area contributed by atoms with Crippen molar-refractivity contribution in [2.75, 3.05) is 13.1 Å². The second kappa shape index (κ2) is 6.48. The molecule has 0 radical (unpaired) electrons. The SMILES string of the molecule is O=C(/C=C1\NCC2c3ccccc3CCN2C1=O)c1cccc(Br)c1. The van der Waals surface area contributed by atoms with Crippen LogP contribution in [0, 0.1) is 0 Å². The van der Waals surface area contributed by atoms with Crippen molar-refractivity contribution in [1.82, 2.24) is 10.2 Å². The minimum absolute atomic E-state index is 0.0376. The lowest BCUT2D eigenvalue weighted by atomic mass is 9.90. The van der Waals surface area contributed by atoms with E-state index in [1.807, 2.05) is 29.2 Å². The van der Waals surface area contributed by atoms with E-state index < -0.39 is 0 Å². The number of piperazine rings is 1. The number of amides is 1. The zero-order valence-electron chi connectivity index (χ0n) is 13.5. The molecule has 0 aliphatic carbocycles. The summed E-state index contributed by atoms with van der Waals surface area (Å²) in [5.41, 5.74) is 3.44. The smallest absolute Gasteiger partial charge is 0.270 e. The van der Waals surface area contributed by atoms with Gasteiger partial charge in [0, 0.05) is 29.2 Å². The molecule has 25 heavy (non-hydrogen) atoms. The number of hydrogen-bond acceptors (Lipinski definition) is 3. The Morgan fingerprint density at radius 3 is 2.88 bits per heavy atom. The van der Waals surface area contributed by atoms with Crippen LogP contribution in [0.2, 0.25) is 0 Å². The Morgan fingerprint density at radius 2 is 2.04 bits per heavy atom. The molecule has 2 aliphatic rings. The lowest BCUT2D eigenvalue weighted by Gasteiger charge is -2.41. The van der Waals surface area contributed by atoms with E-state index in [4.69, 9.17) is 0 Å². The molecule has 2 heterocycles. The van der Waals surface area contributed by atoms with Gasteiger partial charge in [-0.3, -0.25) is 9.59 Å². The van der Waals surface area contributed by atoms with Gasteiger partial charge in [0.25, 0.3) is 5.91 Å². The van der Waals surface area contributed by atoms with Crippen molar-refractivity contribution in [2.45, 2.75) is 12.5 Å². The second-order valence-electron chi connectivity index (χ2n) is 6.28. The van der Waals surface area contributed by atoms with Gasteiger partial charge in [-0.1, -0.05) is 52.3 Å². The van der Waals surface area contributed by atoms with Crippen molar-refractivity contribution in [3.05, 3.63) is 81.5 Å². The first-order valence-corrected chi connectivity index (χ1v) is 9.07. The first kappa shape index (κ1) is 16.1. The summed E-state index contributed by atoms with van der Waals surface area (Å²) in [4.78, 5) is 27.2. The summed E-state index contributed by atoms with van der Waals surface area (Å²) in [6.07, 6.45) is 2.27. The number of allylic oxidation sites excluding steroid dienone is 1. The Bertz CT molecular complexity index is 891. The fourth-order valence-corrected chi connectivity index (χ4v) is 3.92. The van der Waals surface area contributed by atoms with Gasteiger partial charge < -0.3 is 10.2 Å². The topological polar surface area (TPSA) is 49.4 Å². The molecular weight excluding hydrogens is 380 g/mol. The van der Waals surface area contributed by atoms with E-state index >= 15 is 0 Å². The minimum atomic E-state index is -0.173. The Kier molecular flexibility index (Phi) is 4.17. The van der Waals surface area contributed by atoms with Crippen molar-refractivity contribution in [1.29, 1.82) is 0 Å². The fraction of sp³-hybridized carbons (Fsp3) is 0.200. The number of rotatable bonds is 2. The summed E-state index contributed by atoms with van der Waals surface area (Å²) in [6.45, 7) is 1.31. The number of ketones is 1. The predicted molar refractivity (Wildman–Crippen MR) is 99.2 cm³/mol. The molecule has 1 unspecified atom stereocenters. The maximum atomic E-state index is 12.8. The molecule has 1 N–H and O–H groups in total. The maximum Gasteiger partial charge on any atom is 0.270 e. The normalized spacial score (nSPS) is 20.7. The quantitative estimate of drug-likeness (QED) is 0.625. The predicted octanol–water partition coefficient (Wildman–Crippen LogP) is 3.24. The molecule has 0 bridgehead atoms. The van der Waals surface area contributed by atoms with Crippen LogP contribution in [0.15, 0.2) is 64.8 Å². The molecular formula is C20H17BrN2O2. The average molecular weight is 397 g/mol. The highest BCUT2D eigenvalue weighted by atomic mass is 79.9. The van der Waals surface area contributed by atoms with Gasteiger partial charge in [0.1, 0.15) is 5.70 Å². The zero-order chi connectivity index (χ0) is 17.4. The molecule has 1 atom stereocenters. The molecule has 126 valence electrons. The van der Waals surface area contributed by atoms with E-state index in [-0.39, 0.29) is 17.7 Å². The number of carbonyl (C=O) groups is 2.